The van der Waals surface area contributed by atoms with E-state index >= 15 is 0 Å². The van der Waals surface area contributed by atoms with Crippen LogP contribution in [-0.4, -0.2) is 40.5 Å². The highest BCUT2D eigenvalue weighted by Gasteiger charge is 2.50. The first-order chi connectivity index (χ1) is 12.8. The van der Waals surface area contributed by atoms with E-state index in [1.165, 1.54) is 12.8 Å². The van der Waals surface area contributed by atoms with Crippen LogP contribution >= 0.6 is 0 Å². The van der Waals surface area contributed by atoms with Crippen LogP contribution in [0.3, 0.4) is 0 Å². The number of pyridine rings is 2. The van der Waals surface area contributed by atoms with Crippen molar-refractivity contribution in [1.82, 2.24) is 14.9 Å². The molecule has 2 fully saturated rings. The van der Waals surface area contributed by atoms with Gasteiger partial charge in [0.05, 0.1) is 25.3 Å². The fraction of sp³-hybridized carbons (Fsp3) is 0.476. The predicted molar refractivity (Wildman–Crippen MR) is 98.2 cm³/mol. The Labute approximate surface area is 154 Å². The number of fused-ring (bicyclic) bond motifs is 1. The van der Waals surface area contributed by atoms with Crippen molar-refractivity contribution in [3.05, 3.63) is 60.2 Å². The molecule has 1 saturated carbocycles. The van der Waals surface area contributed by atoms with Gasteiger partial charge in [-0.1, -0.05) is 18.6 Å². The molecule has 2 aromatic rings. The average Bonchev–Trinajstić information content (AvgIpc) is 3.21. The van der Waals surface area contributed by atoms with Gasteiger partial charge in [0, 0.05) is 36.6 Å². The Balaban J connectivity index is 1.36. The summed E-state index contributed by atoms with van der Waals surface area (Å²) in [4.78, 5) is 23.4. The Morgan fingerprint density at radius 2 is 1.92 bits per heavy atom. The number of carbonyl (C=O) groups is 1. The molecule has 1 amide bonds. The molecule has 26 heavy (non-hydrogen) atoms. The number of hydrogen-bond acceptors (Lipinski definition) is 4. The Hall–Kier alpha value is -2.27. The molecule has 5 heteroatoms. The molecule has 1 aliphatic heterocycles. The average molecular weight is 351 g/mol. The quantitative estimate of drug-likeness (QED) is 0.803. The van der Waals surface area contributed by atoms with Crippen molar-refractivity contribution in [3.63, 3.8) is 0 Å². The lowest BCUT2D eigenvalue weighted by Gasteiger charge is -2.28. The second kappa shape index (κ2) is 7.54. The minimum atomic E-state index is 0.120. The summed E-state index contributed by atoms with van der Waals surface area (Å²) in [5.41, 5.74) is 1.92. The number of nitrogens with zero attached hydrogens (tertiary/aromatic N) is 3. The highest BCUT2D eigenvalue weighted by molar-refractivity contribution is 5.78. The lowest BCUT2D eigenvalue weighted by Crippen LogP contribution is -2.35. The Morgan fingerprint density at radius 3 is 2.65 bits per heavy atom. The van der Waals surface area contributed by atoms with Crippen LogP contribution in [0.15, 0.2) is 48.8 Å². The molecule has 0 spiro atoms. The SMILES string of the molecule is O=C(Cc1ccccn1)N1C[C@@H]2CCC[C@]2(COCc2ccccn2)C1. The van der Waals surface area contributed by atoms with Gasteiger partial charge >= 0.3 is 0 Å². The van der Waals surface area contributed by atoms with E-state index in [0.717, 1.165) is 30.9 Å². The first-order valence-electron chi connectivity index (χ1n) is 9.40. The molecule has 2 aliphatic rings. The normalized spacial score (nSPS) is 24.6. The second-order valence-corrected chi connectivity index (χ2v) is 7.54. The van der Waals surface area contributed by atoms with Crippen LogP contribution in [-0.2, 0) is 22.6 Å². The molecular weight excluding hydrogens is 326 g/mol. The largest absolute Gasteiger partial charge is 0.375 e. The minimum Gasteiger partial charge on any atom is -0.375 e. The zero-order chi connectivity index (χ0) is 17.8. The highest BCUT2D eigenvalue weighted by Crippen LogP contribution is 2.49. The van der Waals surface area contributed by atoms with E-state index in [9.17, 15) is 4.79 Å². The van der Waals surface area contributed by atoms with Crippen LogP contribution in [0.1, 0.15) is 30.7 Å². The first kappa shape index (κ1) is 17.2. The number of likely N-dealkylation sites (tertiary alicyclic amines) is 1. The maximum Gasteiger partial charge on any atom is 0.228 e. The molecule has 0 radical (unpaired) electrons. The summed E-state index contributed by atoms with van der Waals surface area (Å²) in [6.07, 6.45) is 7.50. The standard InChI is InChI=1S/C21H25N3O2/c25-20(12-18-7-1-3-10-22-18)24-13-17-6-5-9-21(17,15-24)16-26-14-19-8-2-4-11-23-19/h1-4,7-8,10-11,17H,5-6,9,12-16H2/t17-,21+/m0/s1. The molecule has 2 atom stereocenters. The van der Waals surface area contributed by atoms with Crippen LogP contribution in [0, 0.1) is 11.3 Å². The van der Waals surface area contributed by atoms with Crippen molar-refractivity contribution in [1.29, 1.82) is 0 Å². The zero-order valence-corrected chi connectivity index (χ0v) is 15.0. The summed E-state index contributed by atoms with van der Waals surface area (Å²) in [6.45, 7) is 2.92. The third kappa shape index (κ3) is 3.63. The summed E-state index contributed by atoms with van der Waals surface area (Å²) < 4.78 is 6.04. The van der Waals surface area contributed by atoms with E-state index in [1.807, 2.05) is 41.3 Å². The molecular formula is C21H25N3O2. The molecule has 136 valence electrons. The maximum atomic E-state index is 12.7. The molecule has 0 N–H and O–H groups in total. The fourth-order valence-electron chi connectivity index (χ4n) is 4.45. The summed E-state index contributed by atoms with van der Waals surface area (Å²) in [5, 5.41) is 0. The molecule has 4 rings (SSSR count). The summed E-state index contributed by atoms with van der Waals surface area (Å²) in [7, 11) is 0. The van der Waals surface area contributed by atoms with Gasteiger partial charge in [-0.15, -0.1) is 0 Å². The van der Waals surface area contributed by atoms with Crippen molar-refractivity contribution in [2.24, 2.45) is 11.3 Å². The van der Waals surface area contributed by atoms with Gasteiger partial charge in [-0.25, -0.2) is 0 Å². The van der Waals surface area contributed by atoms with Gasteiger partial charge in [0.15, 0.2) is 0 Å². The third-order valence-electron chi connectivity index (χ3n) is 5.82. The second-order valence-electron chi connectivity index (χ2n) is 7.54. The first-order valence-corrected chi connectivity index (χ1v) is 9.40. The number of carbonyl (C=O) groups excluding carboxylic acids is 1. The van der Waals surface area contributed by atoms with Crippen LogP contribution in [0.25, 0.3) is 0 Å². The number of hydrogen-bond donors (Lipinski definition) is 0. The monoisotopic (exact) mass is 351 g/mol. The van der Waals surface area contributed by atoms with E-state index in [1.54, 1.807) is 12.4 Å². The lowest BCUT2D eigenvalue weighted by atomic mass is 9.81. The van der Waals surface area contributed by atoms with Gasteiger partial charge in [0.1, 0.15) is 0 Å². The molecule has 1 aliphatic carbocycles. The number of rotatable bonds is 6. The number of amides is 1. The van der Waals surface area contributed by atoms with Gasteiger partial charge in [0.2, 0.25) is 5.91 Å². The van der Waals surface area contributed by atoms with E-state index in [-0.39, 0.29) is 11.3 Å². The summed E-state index contributed by atoms with van der Waals surface area (Å²) >= 11 is 0. The number of ether oxygens (including phenoxy) is 1. The fourth-order valence-corrected chi connectivity index (χ4v) is 4.45. The van der Waals surface area contributed by atoms with Gasteiger partial charge < -0.3 is 9.64 Å². The lowest BCUT2D eigenvalue weighted by molar-refractivity contribution is -0.130. The molecule has 0 unspecified atom stereocenters. The van der Waals surface area contributed by atoms with Crippen molar-refractivity contribution >= 4 is 5.91 Å². The van der Waals surface area contributed by atoms with Gasteiger partial charge in [0.25, 0.3) is 0 Å². The maximum absolute atomic E-state index is 12.7. The third-order valence-corrected chi connectivity index (χ3v) is 5.82. The van der Waals surface area contributed by atoms with E-state index in [2.05, 4.69) is 9.97 Å². The Bertz CT molecular complexity index is 737. The van der Waals surface area contributed by atoms with Crippen LogP contribution in [0.4, 0.5) is 0 Å². The number of aromatic nitrogens is 2. The summed E-state index contributed by atoms with van der Waals surface area (Å²) in [6, 6.07) is 11.6. The Kier molecular flexibility index (Phi) is 4.98. The Morgan fingerprint density at radius 1 is 1.15 bits per heavy atom. The van der Waals surface area contributed by atoms with Crippen LogP contribution < -0.4 is 0 Å². The van der Waals surface area contributed by atoms with E-state index < -0.39 is 0 Å². The molecule has 0 aromatic carbocycles. The molecule has 1 saturated heterocycles. The van der Waals surface area contributed by atoms with Crippen molar-refractivity contribution in [3.8, 4) is 0 Å². The van der Waals surface area contributed by atoms with Crippen molar-refractivity contribution in [2.75, 3.05) is 19.7 Å². The van der Waals surface area contributed by atoms with Crippen LogP contribution in [0.5, 0.6) is 0 Å². The molecule has 0 bridgehead atoms. The smallest absolute Gasteiger partial charge is 0.228 e. The zero-order valence-electron chi connectivity index (χ0n) is 15.0. The summed E-state index contributed by atoms with van der Waals surface area (Å²) in [5.74, 6) is 0.737. The topological polar surface area (TPSA) is 55.3 Å². The van der Waals surface area contributed by atoms with E-state index in [0.29, 0.717) is 25.6 Å². The highest BCUT2D eigenvalue weighted by atomic mass is 16.5. The van der Waals surface area contributed by atoms with Gasteiger partial charge in [-0.05, 0) is 43.0 Å². The predicted octanol–water partition coefficient (Wildman–Crippen LogP) is 2.86. The van der Waals surface area contributed by atoms with Gasteiger partial charge in [-0.2, -0.15) is 0 Å². The molecule has 3 heterocycles. The minimum absolute atomic E-state index is 0.120. The van der Waals surface area contributed by atoms with E-state index in [4.69, 9.17) is 4.74 Å². The molecule has 2 aromatic heterocycles. The van der Waals surface area contributed by atoms with Crippen LogP contribution in [0.2, 0.25) is 0 Å². The van der Waals surface area contributed by atoms with Crippen molar-refractivity contribution in [2.45, 2.75) is 32.3 Å². The molecule has 5 nitrogen and oxygen atoms in total. The van der Waals surface area contributed by atoms with Gasteiger partial charge in [-0.3, -0.25) is 14.8 Å². The van der Waals surface area contributed by atoms with Crippen molar-refractivity contribution < 1.29 is 9.53 Å².